The third kappa shape index (κ3) is 1.72. The lowest BCUT2D eigenvalue weighted by molar-refractivity contribution is 0.764. The Bertz CT molecular complexity index is 745. The summed E-state index contributed by atoms with van der Waals surface area (Å²) >= 11 is 0. The highest BCUT2D eigenvalue weighted by atomic mass is 15.3. The summed E-state index contributed by atoms with van der Waals surface area (Å²) in [6.07, 6.45) is 5.50. The Morgan fingerprint density at radius 3 is 3.06 bits per heavy atom. The summed E-state index contributed by atoms with van der Waals surface area (Å²) in [4.78, 5) is 4.48. The van der Waals surface area contributed by atoms with Crippen molar-refractivity contribution in [1.29, 1.82) is 5.26 Å². The molecule has 0 radical (unpaired) electrons. The van der Waals surface area contributed by atoms with E-state index < -0.39 is 0 Å². The maximum absolute atomic E-state index is 8.86. The van der Waals surface area contributed by atoms with E-state index in [1.807, 2.05) is 41.9 Å². The maximum Gasteiger partial charge on any atom is 0.235 e. The zero-order valence-electron chi connectivity index (χ0n) is 9.78. The molecule has 0 amide bonds. The predicted octanol–water partition coefficient (Wildman–Crippen LogP) is 1.15. The average molecular weight is 238 g/mol. The van der Waals surface area contributed by atoms with Crippen LogP contribution in [0.2, 0.25) is 0 Å². The van der Waals surface area contributed by atoms with Crippen molar-refractivity contribution in [3.05, 3.63) is 47.9 Å². The summed E-state index contributed by atoms with van der Waals surface area (Å²) < 4.78 is 3.65. The molecule has 0 aromatic carbocycles. The minimum Gasteiger partial charge on any atom is -0.306 e. The zero-order valence-corrected chi connectivity index (χ0v) is 9.78. The SMILES string of the molecule is Cc1ccc2nc(Cn3cnnc3C#N)cn2c1. The van der Waals surface area contributed by atoms with Crippen LogP contribution in [-0.2, 0) is 6.54 Å². The monoisotopic (exact) mass is 238 g/mol. The van der Waals surface area contributed by atoms with Crippen LogP contribution in [0.4, 0.5) is 0 Å². The molecule has 6 nitrogen and oxygen atoms in total. The maximum atomic E-state index is 8.86. The van der Waals surface area contributed by atoms with Gasteiger partial charge >= 0.3 is 0 Å². The van der Waals surface area contributed by atoms with Gasteiger partial charge in [-0.05, 0) is 18.6 Å². The Labute approximate surface area is 103 Å². The fourth-order valence-electron chi connectivity index (χ4n) is 1.86. The Balaban J connectivity index is 1.98. The van der Waals surface area contributed by atoms with E-state index in [9.17, 15) is 0 Å². The molecule has 3 aromatic heterocycles. The van der Waals surface area contributed by atoms with Crippen molar-refractivity contribution < 1.29 is 0 Å². The van der Waals surface area contributed by atoms with Crippen molar-refractivity contribution in [2.24, 2.45) is 0 Å². The highest BCUT2D eigenvalue weighted by Gasteiger charge is 2.06. The molecule has 18 heavy (non-hydrogen) atoms. The third-order valence-electron chi connectivity index (χ3n) is 2.70. The van der Waals surface area contributed by atoms with Crippen LogP contribution in [0, 0.1) is 18.3 Å². The molecule has 3 rings (SSSR count). The van der Waals surface area contributed by atoms with E-state index in [1.54, 1.807) is 4.57 Å². The van der Waals surface area contributed by atoms with E-state index in [0.717, 1.165) is 11.3 Å². The number of imidazole rings is 1. The van der Waals surface area contributed by atoms with E-state index in [-0.39, 0.29) is 0 Å². The standard InChI is InChI=1S/C12H10N6/c1-9-2-3-11-15-10(6-17(11)5-9)7-18-8-14-16-12(18)4-13/h2-3,5-6,8H,7H2,1H3. The van der Waals surface area contributed by atoms with E-state index >= 15 is 0 Å². The van der Waals surface area contributed by atoms with Crippen LogP contribution in [0.3, 0.4) is 0 Å². The van der Waals surface area contributed by atoms with Gasteiger partial charge in [0.05, 0.1) is 12.2 Å². The second kappa shape index (κ2) is 3.96. The van der Waals surface area contributed by atoms with Gasteiger partial charge in [-0.2, -0.15) is 5.26 Å². The Morgan fingerprint density at radius 2 is 2.22 bits per heavy atom. The molecular weight excluding hydrogens is 228 g/mol. The van der Waals surface area contributed by atoms with E-state index in [4.69, 9.17) is 5.26 Å². The van der Waals surface area contributed by atoms with Gasteiger partial charge in [0.1, 0.15) is 18.0 Å². The van der Waals surface area contributed by atoms with Crippen LogP contribution in [0.15, 0.2) is 30.9 Å². The molecule has 3 heterocycles. The Hall–Kier alpha value is -2.68. The third-order valence-corrected chi connectivity index (χ3v) is 2.70. The minimum absolute atomic E-state index is 0.295. The minimum atomic E-state index is 0.295. The molecule has 0 bridgehead atoms. The van der Waals surface area contributed by atoms with Gasteiger partial charge in [-0.25, -0.2) is 4.98 Å². The van der Waals surface area contributed by atoms with Crippen molar-refractivity contribution in [2.45, 2.75) is 13.5 Å². The van der Waals surface area contributed by atoms with Gasteiger partial charge < -0.3 is 4.40 Å². The topological polar surface area (TPSA) is 71.8 Å². The zero-order chi connectivity index (χ0) is 12.5. The van der Waals surface area contributed by atoms with Crippen molar-refractivity contribution >= 4 is 5.65 Å². The van der Waals surface area contributed by atoms with Gasteiger partial charge in [0.15, 0.2) is 0 Å². The summed E-state index contributed by atoms with van der Waals surface area (Å²) in [5.74, 6) is 0.295. The molecule has 0 aliphatic carbocycles. The fraction of sp³-hybridized carbons (Fsp3) is 0.167. The molecule has 6 heteroatoms. The summed E-state index contributed by atoms with van der Waals surface area (Å²) in [5, 5.41) is 16.3. The first kappa shape index (κ1) is 10.5. The second-order valence-corrected chi connectivity index (χ2v) is 4.10. The first-order valence-corrected chi connectivity index (χ1v) is 5.48. The number of fused-ring (bicyclic) bond motifs is 1. The van der Waals surface area contributed by atoms with Crippen molar-refractivity contribution in [2.75, 3.05) is 0 Å². The molecule has 0 atom stereocenters. The van der Waals surface area contributed by atoms with Gasteiger partial charge in [0, 0.05) is 12.4 Å². The summed E-state index contributed by atoms with van der Waals surface area (Å²) in [7, 11) is 0. The number of hydrogen-bond acceptors (Lipinski definition) is 4. The van der Waals surface area contributed by atoms with Crippen LogP contribution in [0.25, 0.3) is 5.65 Å². The smallest absolute Gasteiger partial charge is 0.235 e. The van der Waals surface area contributed by atoms with E-state index in [0.29, 0.717) is 12.4 Å². The van der Waals surface area contributed by atoms with Crippen LogP contribution in [-0.4, -0.2) is 24.1 Å². The summed E-state index contributed by atoms with van der Waals surface area (Å²) in [6, 6.07) is 5.98. The van der Waals surface area contributed by atoms with Crippen molar-refractivity contribution in [3.8, 4) is 6.07 Å². The van der Waals surface area contributed by atoms with Crippen LogP contribution in [0.5, 0.6) is 0 Å². The molecule has 0 N–H and O–H groups in total. The quantitative estimate of drug-likeness (QED) is 0.671. The lowest BCUT2D eigenvalue weighted by Crippen LogP contribution is -2.01. The average Bonchev–Trinajstić information content (AvgIpc) is 2.94. The van der Waals surface area contributed by atoms with Crippen LogP contribution in [0.1, 0.15) is 17.1 Å². The number of rotatable bonds is 2. The van der Waals surface area contributed by atoms with Gasteiger partial charge in [0.2, 0.25) is 5.82 Å². The van der Waals surface area contributed by atoms with Gasteiger partial charge in [0.25, 0.3) is 0 Å². The second-order valence-electron chi connectivity index (χ2n) is 4.10. The molecule has 0 saturated heterocycles. The normalized spacial score (nSPS) is 10.7. The molecule has 88 valence electrons. The lowest BCUT2D eigenvalue weighted by Gasteiger charge is -1.97. The van der Waals surface area contributed by atoms with Gasteiger partial charge in [-0.1, -0.05) is 6.07 Å². The summed E-state index contributed by atoms with van der Waals surface area (Å²) in [5.41, 5.74) is 2.94. The van der Waals surface area contributed by atoms with Gasteiger partial charge in [-0.15, -0.1) is 10.2 Å². The molecule has 0 aliphatic rings. The summed E-state index contributed by atoms with van der Waals surface area (Å²) in [6.45, 7) is 2.53. The van der Waals surface area contributed by atoms with Crippen LogP contribution < -0.4 is 0 Å². The molecule has 0 unspecified atom stereocenters. The van der Waals surface area contributed by atoms with E-state index in [1.165, 1.54) is 11.9 Å². The molecule has 0 saturated carbocycles. The van der Waals surface area contributed by atoms with Gasteiger partial charge in [-0.3, -0.25) is 4.57 Å². The molecule has 0 spiro atoms. The number of aromatic nitrogens is 5. The number of pyridine rings is 1. The molecule has 0 aliphatic heterocycles. The largest absolute Gasteiger partial charge is 0.306 e. The molecule has 3 aromatic rings. The van der Waals surface area contributed by atoms with Crippen LogP contribution >= 0.6 is 0 Å². The van der Waals surface area contributed by atoms with E-state index in [2.05, 4.69) is 15.2 Å². The molecule has 0 fully saturated rings. The Morgan fingerprint density at radius 1 is 1.33 bits per heavy atom. The number of nitriles is 1. The highest BCUT2D eigenvalue weighted by molar-refractivity contribution is 5.41. The number of hydrogen-bond donors (Lipinski definition) is 0. The lowest BCUT2D eigenvalue weighted by atomic mass is 10.3. The Kier molecular flexibility index (Phi) is 2.31. The predicted molar refractivity (Wildman–Crippen MR) is 63.8 cm³/mol. The fourth-order valence-corrected chi connectivity index (χ4v) is 1.86. The first-order valence-electron chi connectivity index (χ1n) is 5.48. The van der Waals surface area contributed by atoms with Crippen molar-refractivity contribution in [1.82, 2.24) is 24.1 Å². The number of nitrogens with zero attached hydrogens (tertiary/aromatic N) is 6. The number of aryl methyl sites for hydroxylation is 1. The first-order chi connectivity index (χ1) is 8.76. The molecular formula is C12H10N6. The van der Waals surface area contributed by atoms with Crippen molar-refractivity contribution in [3.63, 3.8) is 0 Å². The highest BCUT2D eigenvalue weighted by Crippen LogP contribution is 2.09.